The predicted octanol–water partition coefficient (Wildman–Crippen LogP) is -0.521. The van der Waals surface area contributed by atoms with E-state index in [9.17, 15) is 4.79 Å². The summed E-state index contributed by atoms with van der Waals surface area (Å²) in [5, 5.41) is 20.7. The highest BCUT2D eigenvalue weighted by Crippen LogP contribution is 2.10. The fourth-order valence-electron chi connectivity index (χ4n) is 1.29. The molecule has 16 heavy (non-hydrogen) atoms. The molecule has 0 bridgehead atoms. The van der Waals surface area contributed by atoms with Crippen molar-refractivity contribution < 1.29 is 15.0 Å². The van der Waals surface area contributed by atoms with Crippen molar-refractivity contribution >= 4 is 11.6 Å². The van der Waals surface area contributed by atoms with E-state index in [1.165, 1.54) is 0 Å². The summed E-state index contributed by atoms with van der Waals surface area (Å²) < 4.78 is 0. The van der Waals surface area contributed by atoms with Crippen LogP contribution < -0.4 is 11.1 Å². The van der Waals surface area contributed by atoms with Crippen molar-refractivity contribution in [1.29, 1.82) is 0 Å². The molecule has 0 fully saturated rings. The number of aliphatic hydroxyl groups excluding tert-OH is 2. The second-order valence-corrected chi connectivity index (χ2v) is 3.56. The standard InChI is InChI=1S/C11H16N2O3/c12-11(16)5-8-2-1-3-9(4-8)13-6-10(15)7-14/h1-4,10,13-15H,5-7H2,(H2,12,16). The molecule has 0 saturated heterocycles. The van der Waals surface area contributed by atoms with Crippen molar-refractivity contribution in [2.24, 2.45) is 5.73 Å². The van der Waals surface area contributed by atoms with Crippen LogP contribution in [0.15, 0.2) is 24.3 Å². The summed E-state index contributed by atoms with van der Waals surface area (Å²) in [5.41, 5.74) is 6.69. The summed E-state index contributed by atoms with van der Waals surface area (Å²) in [6, 6.07) is 7.20. The Balaban J connectivity index is 2.56. The number of amides is 1. The molecule has 0 aliphatic rings. The Morgan fingerprint density at radius 2 is 2.25 bits per heavy atom. The first-order chi connectivity index (χ1) is 7.61. The first-order valence-corrected chi connectivity index (χ1v) is 5.02. The number of anilines is 1. The molecule has 0 saturated carbocycles. The van der Waals surface area contributed by atoms with Crippen LogP contribution in [-0.4, -0.2) is 35.4 Å². The van der Waals surface area contributed by atoms with Crippen LogP contribution in [0, 0.1) is 0 Å². The van der Waals surface area contributed by atoms with Crippen LogP contribution >= 0.6 is 0 Å². The summed E-state index contributed by atoms with van der Waals surface area (Å²) in [4.78, 5) is 10.7. The maximum absolute atomic E-state index is 10.7. The van der Waals surface area contributed by atoms with Gasteiger partial charge < -0.3 is 21.3 Å². The van der Waals surface area contributed by atoms with E-state index in [2.05, 4.69) is 5.32 Å². The number of carbonyl (C=O) groups is 1. The molecule has 1 rings (SSSR count). The van der Waals surface area contributed by atoms with Crippen LogP contribution in [-0.2, 0) is 11.2 Å². The molecule has 88 valence electrons. The minimum Gasteiger partial charge on any atom is -0.394 e. The lowest BCUT2D eigenvalue weighted by Gasteiger charge is -2.10. The number of aliphatic hydroxyl groups is 2. The summed E-state index contributed by atoms with van der Waals surface area (Å²) >= 11 is 0. The Morgan fingerprint density at radius 1 is 1.50 bits per heavy atom. The van der Waals surface area contributed by atoms with Gasteiger partial charge in [-0.1, -0.05) is 12.1 Å². The third-order valence-corrected chi connectivity index (χ3v) is 2.06. The zero-order chi connectivity index (χ0) is 12.0. The second kappa shape index (κ2) is 6.09. The lowest BCUT2D eigenvalue weighted by molar-refractivity contribution is -0.117. The molecular formula is C11H16N2O3. The van der Waals surface area contributed by atoms with Gasteiger partial charge in [0, 0.05) is 12.2 Å². The summed E-state index contributed by atoms with van der Waals surface area (Å²) in [6.45, 7) is -0.0233. The Kier molecular flexibility index (Phi) is 4.75. The van der Waals surface area contributed by atoms with E-state index >= 15 is 0 Å². The maximum Gasteiger partial charge on any atom is 0.221 e. The van der Waals surface area contributed by atoms with E-state index in [0.717, 1.165) is 11.3 Å². The third kappa shape index (κ3) is 4.29. The highest BCUT2D eigenvalue weighted by molar-refractivity contribution is 5.76. The predicted molar refractivity (Wildman–Crippen MR) is 60.9 cm³/mol. The smallest absolute Gasteiger partial charge is 0.221 e. The molecule has 0 aromatic heterocycles. The average Bonchev–Trinajstić information content (AvgIpc) is 2.25. The van der Waals surface area contributed by atoms with Crippen molar-refractivity contribution in [2.75, 3.05) is 18.5 Å². The van der Waals surface area contributed by atoms with Crippen LogP contribution in [0.1, 0.15) is 5.56 Å². The fourth-order valence-corrected chi connectivity index (χ4v) is 1.29. The Morgan fingerprint density at radius 3 is 2.88 bits per heavy atom. The first-order valence-electron chi connectivity index (χ1n) is 5.02. The van der Waals surface area contributed by atoms with Crippen molar-refractivity contribution in [3.05, 3.63) is 29.8 Å². The summed E-state index contributed by atoms with van der Waals surface area (Å²) in [6.07, 6.45) is -0.599. The molecule has 1 unspecified atom stereocenters. The van der Waals surface area contributed by atoms with Crippen LogP contribution in [0.4, 0.5) is 5.69 Å². The molecule has 1 aromatic carbocycles. The van der Waals surface area contributed by atoms with Crippen molar-refractivity contribution in [3.8, 4) is 0 Å². The van der Waals surface area contributed by atoms with Gasteiger partial charge in [-0.2, -0.15) is 0 Å². The molecule has 5 N–H and O–H groups in total. The fraction of sp³-hybridized carbons (Fsp3) is 0.364. The van der Waals surface area contributed by atoms with Gasteiger partial charge in [-0.15, -0.1) is 0 Å². The molecular weight excluding hydrogens is 208 g/mol. The molecule has 5 nitrogen and oxygen atoms in total. The van der Waals surface area contributed by atoms with E-state index in [0.29, 0.717) is 0 Å². The maximum atomic E-state index is 10.7. The van der Waals surface area contributed by atoms with Gasteiger partial charge in [0.2, 0.25) is 5.91 Å². The number of hydrogen-bond acceptors (Lipinski definition) is 4. The highest BCUT2D eigenvalue weighted by Gasteiger charge is 2.02. The lowest BCUT2D eigenvalue weighted by Crippen LogP contribution is -2.23. The molecule has 5 heteroatoms. The molecule has 0 spiro atoms. The van der Waals surface area contributed by atoms with Gasteiger partial charge in [0.05, 0.1) is 19.1 Å². The molecule has 0 aliphatic carbocycles. The Labute approximate surface area is 93.9 Å². The van der Waals surface area contributed by atoms with E-state index in [-0.39, 0.29) is 25.5 Å². The molecule has 0 heterocycles. The zero-order valence-corrected chi connectivity index (χ0v) is 8.89. The molecule has 1 atom stereocenters. The first kappa shape index (κ1) is 12.5. The van der Waals surface area contributed by atoms with Gasteiger partial charge in [-0.05, 0) is 17.7 Å². The second-order valence-electron chi connectivity index (χ2n) is 3.56. The van der Waals surface area contributed by atoms with Gasteiger partial charge >= 0.3 is 0 Å². The Bertz CT molecular complexity index is 355. The van der Waals surface area contributed by atoms with Crippen LogP contribution in [0.2, 0.25) is 0 Å². The topological polar surface area (TPSA) is 95.6 Å². The minimum atomic E-state index is -0.792. The van der Waals surface area contributed by atoms with Gasteiger partial charge in [0.1, 0.15) is 0 Å². The van der Waals surface area contributed by atoms with Gasteiger partial charge in [0.15, 0.2) is 0 Å². The number of primary amides is 1. The van der Waals surface area contributed by atoms with E-state index < -0.39 is 6.10 Å². The number of carbonyl (C=O) groups excluding carboxylic acids is 1. The number of nitrogens with two attached hydrogens (primary N) is 1. The summed E-state index contributed by atoms with van der Waals surface area (Å²) in [7, 11) is 0. The van der Waals surface area contributed by atoms with E-state index in [4.69, 9.17) is 15.9 Å². The van der Waals surface area contributed by atoms with Gasteiger partial charge in [0.25, 0.3) is 0 Å². The SMILES string of the molecule is NC(=O)Cc1cccc(NCC(O)CO)c1. The van der Waals surface area contributed by atoms with Crippen molar-refractivity contribution in [3.63, 3.8) is 0 Å². The van der Waals surface area contributed by atoms with E-state index in [1.807, 2.05) is 6.07 Å². The zero-order valence-electron chi connectivity index (χ0n) is 8.89. The minimum absolute atomic E-state index is 0.193. The average molecular weight is 224 g/mol. The normalized spacial score (nSPS) is 12.1. The number of hydrogen-bond donors (Lipinski definition) is 4. The van der Waals surface area contributed by atoms with Crippen molar-refractivity contribution in [2.45, 2.75) is 12.5 Å². The molecule has 0 radical (unpaired) electrons. The van der Waals surface area contributed by atoms with Crippen molar-refractivity contribution in [1.82, 2.24) is 0 Å². The molecule has 1 aromatic rings. The van der Waals surface area contributed by atoms with Gasteiger partial charge in [-0.3, -0.25) is 4.79 Å². The van der Waals surface area contributed by atoms with E-state index in [1.54, 1.807) is 18.2 Å². The number of rotatable bonds is 6. The highest BCUT2D eigenvalue weighted by atomic mass is 16.3. The number of nitrogens with one attached hydrogen (secondary N) is 1. The molecule has 1 amide bonds. The van der Waals surface area contributed by atoms with Gasteiger partial charge in [-0.25, -0.2) is 0 Å². The van der Waals surface area contributed by atoms with Crippen LogP contribution in [0.25, 0.3) is 0 Å². The monoisotopic (exact) mass is 224 g/mol. The van der Waals surface area contributed by atoms with Crippen LogP contribution in [0.3, 0.4) is 0 Å². The Hall–Kier alpha value is -1.59. The third-order valence-electron chi connectivity index (χ3n) is 2.06. The van der Waals surface area contributed by atoms with Crippen LogP contribution in [0.5, 0.6) is 0 Å². The molecule has 0 aliphatic heterocycles. The summed E-state index contributed by atoms with van der Waals surface area (Å²) in [5.74, 6) is -0.382. The number of benzene rings is 1. The largest absolute Gasteiger partial charge is 0.394 e. The quantitative estimate of drug-likeness (QED) is 0.523. The lowest BCUT2D eigenvalue weighted by atomic mass is 10.1.